The van der Waals surface area contributed by atoms with Crippen molar-refractivity contribution >= 4 is 11.8 Å². The number of aliphatic hydroxyl groups is 2. The molecule has 0 saturated heterocycles. The zero-order valence-corrected chi connectivity index (χ0v) is 34.1. The second kappa shape index (κ2) is 19.6. The highest BCUT2D eigenvalue weighted by Crippen LogP contribution is 2.62. The van der Waals surface area contributed by atoms with Gasteiger partial charge in [-0.1, -0.05) is 103 Å². The van der Waals surface area contributed by atoms with E-state index in [1.165, 1.54) is 7.11 Å². The van der Waals surface area contributed by atoms with Crippen molar-refractivity contribution in [3.8, 4) is 28.4 Å². The Morgan fingerprint density at radius 2 is 1.58 bits per heavy atom. The van der Waals surface area contributed by atoms with Crippen LogP contribution in [0.5, 0.6) is 17.2 Å². The molecule has 1 aliphatic heterocycles. The second-order valence-corrected chi connectivity index (χ2v) is 15.6. The van der Waals surface area contributed by atoms with Gasteiger partial charge in [0.25, 0.3) is 0 Å². The smallest absolute Gasteiger partial charge is 0.409 e. The fraction of sp³-hybridized carbons (Fsp3) is 0.388. The number of hydrogen-bond donors (Lipinski definition) is 2. The summed E-state index contributed by atoms with van der Waals surface area (Å²) >= 11 is 0. The number of hydrogen-bond acceptors (Lipinski definition) is 9. The highest BCUT2D eigenvalue weighted by atomic mass is 16.7. The number of fused-ring (bicyclic) bond motifs is 2. The second-order valence-electron chi connectivity index (χ2n) is 15.6. The number of allylic oxidation sites excluding steroid dienone is 1. The Morgan fingerprint density at radius 1 is 0.898 bits per heavy atom. The Morgan fingerprint density at radius 3 is 2.27 bits per heavy atom. The van der Waals surface area contributed by atoms with Crippen LogP contribution in [0.15, 0.2) is 133 Å². The van der Waals surface area contributed by atoms with Gasteiger partial charge in [-0.05, 0) is 90.1 Å². The summed E-state index contributed by atoms with van der Waals surface area (Å²) in [5, 5.41) is 24.6. The third kappa shape index (κ3) is 9.10. The van der Waals surface area contributed by atoms with E-state index in [0.29, 0.717) is 35.8 Å². The number of amides is 1. The fourth-order valence-corrected chi connectivity index (χ4v) is 9.30. The lowest BCUT2D eigenvalue weighted by molar-refractivity contribution is -0.253. The minimum absolute atomic E-state index is 0.0809. The van der Waals surface area contributed by atoms with Crippen molar-refractivity contribution in [2.75, 3.05) is 34.0 Å². The number of ether oxygens (including phenoxy) is 4. The molecule has 0 bridgehead atoms. The molecule has 1 fully saturated rings. The van der Waals surface area contributed by atoms with Crippen LogP contribution in [0.3, 0.4) is 0 Å². The monoisotopic (exact) mass is 800 g/mol. The van der Waals surface area contributed by atoms with Crippen LogP contribution < -0.4 is 9.47 Å². The van der Waals surface area contributed by atoms with Crippen molar-refractivity contribution in [3.05, 3.63) is 139 Å². The van der Waals surface area contributed by atoms with Gasteiger partial charge in [0.2, 0.25) is 5.79 Å². The maximum atomic E-state index is 13.5. The fourth-order valence-electron chi connectivity index (χ4n) is 9.30. The maximum absolute atomic E-state index is 13.5. The van der Waals surface area contributed by atoms with E-state index in [1.54, 1.807) is 18.0 Å². The van der Waals surface area contributed by atoms with E-state index in [1.807, 2.05) is 72.8 Å². The molecule has 0 radical (unpaired) electrons. The number of benzene rings is 4. The van der Waals surface area contributed by atoms with Crippen LogP contribution in [0.25, 0.3) is 11.1 Å². The van der Waals surface area contributed by atoms with Crippen LogP contribution >= 0.6 is 0 Å². The van der Waals surface area contributed by atoms with E-state index in [0.717, 1.165) is 53.5 Å². The molecule has 0 aromatic heterocycles. The number of oxime groups is 1. The molecule has 0 spiro atoms. The molecule has 3 aliphatic rings. The van der Waals surface area contributed by atoms with Gasteiger partial charge in [-0.25, -0.2) is 4.79 Å². The molecule has 7 rings (SSSR count). The first-order valence-electron chi connectivity index (χ1n) is 20.8. The van der Waals surface area contributed by atoms with Crippen molar-refractivity contribution < 1.29 is 38.8 Å². The standard InChI is InChI=1S/C49H56N2O8/c1-4-29-56-49-45(51(2)48(54)55-3)32-43(50-57-33-34-15-7-5-8-16-34)41-30-37(19-11-13-27-52)40(20-12-14-28-53)46(47(41)49)42-31-39(25-26-44(42)59-49)58-38-23-21-36(22-24-38)35-17-9-6-10-18-35/h4-10,15-18,21-26,30-31,37,40,45-47,52-53H,1,11-14,19-20,27-29,32-33H2,2-3H3. The van der Waals surface area contributed by atoms with Gasteiger partial charge in [0.15, 0.2) is 0 Å². The number of unbranched alkanes of at least 4 members (excludes halogenated alkanes) is 2. The van der Waals surface area contributed by atoms with Crippen LogP contribution in [0.2, 0.25) is 0 Å². The van der Waals surface area contributed by atoms with Crippen LogP contribution in [0, 0.1) is 17.8 Å². The van der Waals surface area contributed by atoms with Gasteiger partial charge < -0.3 is 38.9 Å². The van der Waals surface area contributed by atoms with E-state index >= 15 is 0 Å². The summed E-state index contributed by atoms with van der Waals surface area (Å²) in [7, 11) is 3.08. The quantitative estimate of drug-likeness (QED) is 0.0580. The first kappa shape index (κ1) is 41.7. The van der Waals surface area contributed by atoms with Crippen LogP contribution in [0.1, 0.15) is 62.0 Å². The van der Waals surface area contributed by atoms with Crippen LogP contribution in [-0.2, 0) is 20.9 Å². The number of likely N-dealkylation sites (N-methyl/N-ethyl adjacent to an activating group) is 1. The van der Waals surface area contributed by atoms with Crippen molar-refractivity contribution in [1.29, 1.82) is 0 Å². The lowest BCUT2D eigenvalue weighted by Crippen LogP contribution is -2.69. The summed E-state index contributed by atoms with van der Waals surface area (Å²) in [4.78, 5) is 21.2. The molecule has 1 saturated carbocycles. The van der Waals surface area contributed by atoms with E-state index in [9.17, 15) is 15.0 Å². The number of methoxy groups -OCH3 is 1. The van der Waals surface area contributed by atoms with Crippen molar-refractivity contribution in [1.82, 2.24) is 4.90 Å². The van der Waals surface area contributed by atoms with Gasteiger partial charge in [0.05, 0.1) is 25.3 Å². The molecule has 310 valence electrons. The Kier molecular flexibility index (Phi) is 13.8. The van der Waals surface area contributed by atoms with E-state index in [4.69, 9.17) is 28.9 Å². The highest BCUT2D eigenvalue weighted by Gasteiger charge is 2.65. The van der Waals surface area contributed by atoms with Gasteiger partial charge in [0.1, 0.15) is 29.9 Å². The molecular weight excluding hydrogens is 745 g/mol. The summed E-state index contributed by atoms with van der Waals surface area (Å²) < 4.78 is 26.0. The molecule has 6 unspecified atom stereocenters. The van der Waals surface area contributed by atoms with E-state index in [-0.39, 0.29) is 50.6 Å². The Labute approximate surface area is 347 Å². The summed E-state index contributed by atoms with van der Waals surface area (Å²) in [6, 6.07) is 33.5. The predicted octanol–water partition coefficient (Wildman–Crippen LogP) is 9.68. The number of carbonyl (C=O) groups is 1. The molecule has 4 aromatic rings. The molecule has 59 heavy (non-hydrogen) atoms. The number of rotatable bonds is 18. The van der Waals surface area contributed by atoms with Crippen LogP contribution in [0.4, 0.5) is 4.79 Å². The van der Waals surface area contributed by atoms with Crippen molar-refractivity contribution in [2.24, 2.45) is 22.9 Å². The highest BCUT2D eigenvalue weighted by molar-refractivity contribution is 6.03. The third-order valence-electron chi connectivity index (χ3n) is 12.0. The Bertz CT molecular complexity index is 2070. The lowest BCUT2D eigenvalue weighted by Gasteiger charge is -2.59. The summed E-state index contributed by atoms with van der Waals surface area (Å²) in [6.07, 6.45) is 8.48. The SMILES string of the molecule is C=CCOC12Oc3ccc(Oc4ccc(-c5ccccc5)cc4)cc3C3C(CCCCO)C(CCCCO)C=C(C(=NOCc4ccccc4)CC1N(C)C(=O)OC)C32. The first-order chi connectivity index (χ1) is 28.9. The number of carbonyl (C=O) groups excluding carboxylic acids is 1. The molecule has 1 amide bonds. The third-order valence-corrected chi connectivity index (χ3v) is 12.0. The van der Waals surface area contributed by atoms with E-state index < -0.39 is 23.8 Å². The number of aliphatic hydroxyl groups excluding tert-OH is 2. The minimum atomic E-state index is -1.36. The first-order valence-corrected chi connectivity index (χ1v) is 20.8. The molecular formula is C49H56N2O8. The average Bonchev–Trinajstić information content (AvgIpc) is 3.27. The lowest BCUT2D eigenvalue weighted by atomic mass is 9.55. The molecule has 6 atom stereocenters. The molecule has 2 N–H and O–H groups in total. The van der Waals surface area contributed by atoms with Gasteiger partial charge in [-0.3, -0.25) is 0 Å². The molecule has 10 heteroatoms. The Hall–Kier alpha value is -5.42. The molecule has 10 nitrogen and oxygen atoms in total. The zero-order chi connectivity index (χ0) is 41.2. The van der Waals surface area contributed by atoms with Gasteiger partial charge in [-0.15, -0.1) is 6.58 Å². The number of nitrogens with zero attached hydrogens (tertiary/aromatic N) is 2. The topological polar surface area (TPSA) is 119 Å². The molecule has 1 heterocycles. The van der Waals surface area contributed by atoms with Gasteiger partial charge in [0, 0.05) is 38.2 Å². The maximum Gasteiger partial charge on any atom is 0.409 e. The predicted molar refractivity (Wildman–Crippen MR) is 228 cm³/mol. The zero-order valence-electron chi connectivity index (χ0n) is 34.1. The van der Waals surface area contributed by atoms with Gasteiger partial charge in [-0.2, -0.15) is 0 Å². The van der Waals surface area contributed by atoms with Gasteiger partial charge >= 0.3 is 6.09 Å². The summed E-state index contributed by atoms with van der Waals surface area (Å²) in [5.74, 6) is 0.223. The van der Waals surface area contributed by atoms with Crippen molar-refractivity contribution in [2.45, 2.75) is 69.3 Å². The molecule has 4 aromatic carbocycles. The van der Waals surface area contributed by atoms with Crippen LogP contribution in [-0.4, -0.2) is 72.7 Å². The largest absolute Gasteiger partial charge is 0.459 e. The minimum Gasteiger partial charge on any atom is -0.459 e. The van der Waals surface area contributed by atoms with E-state index in [2.05, 4.69) is 43.0 Å². The van der Waals surface area contributed by atoms with Crippen molar-refractivity contribution in [3.63, 3.8) is 0 Å². The normalized spacial score (nSPS) is 23.6. The average molecular weight is 801 g/mol. The summed E-state index contributed by atoms with van der Waals surface area (Å²) in [5.41, 5.74) is 5.87. The Balaban J connectivity index is 1.37. The molecule has 2 aliphatic carbocycles. The summed E-state index contributed by atoms with van der Waals surface area (Å²) in [6.45, 7) is 4.66.